The number of amides is 3. The van der Waals surface area contributed by atoms with E-state index in [1.165, 1.54) is 0 Å². The molecule has 0 aromatic rings. The van der Waals surface area contributed by atoms with Gasteiger partial charge < -0.3 is 25.4 Å². The molecule has 0 aromatic heterocycles. The maximum absolute atomic E-state index is 13.5. The molecule has 3 aliphatic heterocycles. The van der Waals surface area contributed by atoms with Crippen molar-refractivity contribution in [1.82, 2.24) is 15.5 Å². The molecule has 30 heavy (non-hydrogen) atoms. The van der Waals surface area contributed by atoms with Gasteiger partial charge in [-0.1, -0.05) is 26.7 Å². The molecule has 8 heteroatoms. The Labute approximate surface area is 179 Å². The minimum atomic E-state index is -0.968. The molecule has 3 N–H and O–H groups in total. The largest absolute Gasteiger partial charge is 0.396 e. The third-order valence-corrected chi connectivity index (χ3v) is 6.99. The van der Waals surface area contributed by atoms with Crippen LogP contribution in [-0.2, 0) is 19.1 Å². The van der Waals surface area contributed by atoms with Crippen LogP contribution in [0.5, 0.6) is 0 Å². The Kier molecular flexibility index (Phi) is 7.07. The number of unbranched alkanes of at least 4 members (excludes halogenated alkanes) is 2. The topological polar surface area (TPSA) is 108 Å². The summed E-state index contributed by atoms with van der Waals surface area (Å²) in [5.41, 5.74) is -1.70. The van der Waals surface area contributed by atoms with E-state index >= 15 is 0 Å². The van der Waals surface area contributed by atoms with Crippen molar-refractivity contribution in [2.24, 2.45) is 11.8 Å². The molecule has 5 atom stereocenters. The molecule has 3 heterocycles. The minimum Gasteiger partial charge on any atom is -0.396 e. The van der Waals surface area contributed by atoms with Gasteiger partial charge in [-0.15, -0.1) is 0 Å². The zero-order valence-corrected chi connectivity index (χ0v) is 18.5. The van der Waals surface area contributed by atoms with Gasteiger partial charge in [-0.3, -0.25) is 14.4 Å². The number of hydrogen-bond donors (Lipinski definition) is 3. The fraction of sp³-hybridized carbons (Fsp3) is 0.864. The van der Waals surface area contributed by atoms with Gasteiger partial charge in [-0.05, 0) is 39.0 Å². The van der Waals surface area contributed by atoms with E-state index in [0.717, 1.165) is 25.7 Å². The van der Waals surface area contributed by atoms with Crippen LogP contribution in [0.2, 0.25) is 0 Å². The summed E-state index contributed by atoms with van der Waals surface area (Å²) in [6.07, 6.45) is 5.40. The quantitative estimate of drug-likeness (QED) is 0.429. The Hall–Kier alpha value is -1.67. The van der Waals surface area contributed by atoms with Gasteiger partial charge in [0.15, 0.2) is 0 Å². The molecule has 3 rings (SSSR count). The number of nitrogens with one attached hydrogen (secondary N) is 2. The van der Waals surface area contributed by atoms with Gasteiger partial charge in [0.1, 0.15) is 11.6 Å². The molecule has 0 aromatic carbocycles. The number of carbonyl (C=O) groups excluding carboxylic acids is 3. The highest BCUT2D eigenvalue weighted by Crippen LogP contribution is 2.63. The van der Waals surface area contributed by atoms with Gasteiger partial charge >= 0.3 is 0 Å². The lowest BCUT2D eigenvalue weighted by atomic mass is 9.66. The molecule has 3 amide bonds. The summed E-state index contributed by atoms with van der Waals surface area (Å²) < 4.78 is 6.48. The molecule has 0 saturated carbocycles. The lowest BCUT2D eigenvalue weighted by Gasteiger charge is -2.33. The molecule has 0 aliphatic carbocycles. The Bertz CT molecular complexity index is 671. The third-order valence-electron chi connectivity index (χ3n) is 6.99. The van der Waals surface area contributed by atoms with Crippen LogP contribution in [0.4, 0.5) is 0 Å². The fourth-order valence-corrected chi connectivity index (χ4v) is 5.65. The number of nitrogens with zero attached hydrogens (tertiary/aromatic N) is 1. The molecule has 1 spiro atoms. The van der Waals surface area contributed by atoms with Crippen LogP contribution < -0.4 is 10.6 Å². The maximum atomic E-state index is 13.5. The average molecular weight is 424 g/mol. The Morgan fingerprint density at radius 3 is 2.50 bits per heavy atom. The van der Waals surface area contributed by atoms with Crippen LogP contribution in [0.25, 0.3) is 0 Å². The average Bonchev–Trinajstić information content (AvgIpc) is 3.28. The van der Waals surface area contributed by atoms with Gasteiger partial charge in [0, 0.05) is 26.2 Å². The highest BCUT2D eigenvalue weighted by atomic mass is 16.5. The zero-order chi connectivity index (χ0) is 21.9. The number of hydrogen-bond acceptors (Lipinski definition) is 5. The Morgan fingerprint density at radius 1 is 1.10 bits per heavy atom. The summed E-state index contributed by atoms with van der Waals surface area (Å²) in [7, 11) is 0. The van der Waals surface area contributed by atoms with E-state index in [9.17, 15) is 19.5 Å². The highest BCUT2D eigenvalue weighted by molar-refractivity contribution is 5.99. The van der Waals surface area contributed by atoms with Gasteiger partial charge in [-0.2, -0.15) is 0 Å². The van der Waals surface area contributed by atoms with E-state index in [1.54, 1.807) is 4.90 Å². The van der Waals surface area contributed by atoms with Crippen molar-refractivity contribution in [3.8, 4) is 0 Å². The number of aliphatic hydroxyl groups excluding tert-OH is 1. The Morgan fingerprint density at radius 2 is 1.83 bits per heavy atom. The molecule has 3 aliphatic rings. The second kappa shape index (κ2) is 9.22. The van der Waals surface area contributed by atoms with Gasteiger partial charge in [0.05, 0.1) is 17.4 Å². The second-order valence-electron chi connectivity index (χ2n) is 9.13. The lowest BCUT2D eigenvalue weighted by Crippen LogP contribution is -2.55. The monoisotopic (exact) mass is 423 g/mol. The number of likely N-dealkylation sites (tertiary alicyclic amines) is 1. The molecule has 0 radical (unpaired) electrons. The van der Waals surface area contributed by atoms with Crippen molar-refractivity contribution >= 4 is 17.7 Å². The Balaban J connectivity index is 1.89. The first kappa shape index (κ1) is 23.0. The smallest absolute Gasteiger partial charge is 0.245 e. The normalized spacial score (nSPS) is 34.3. The van der Waals surface area contributed by atoms with Crippen LogP contribution in [-0.4, -0.2) is 71.2 Å². The first-order valence-corrected chi connectivity index (χ1v) is 11.5. The molecular weight excluding hydrogens is 386 g/mol. The van der Waals surface area contributed by atoms with Crippen molar-refractivity contribution in [3.63, 3.8) is 0 Å². The van der Waals surface area contributed by atoms with Crippen molar-refractivity contribution in [2.45, 2.75) is 83.0 Å². The number of rotatable bonds is 11. The number of aliphatic hydroxyl groups is 1. The summed E-state index contributed by atoms with van der Waals surface area (Å²) in [5, 5.41) is 15.2. The molecule has 2 unspecified atom stereocenters. The summed E-state index contributed by atoms with van der Waals surface area (Å²) in [4.78, 5) is 41.3. The van der Waals surface area contributed by atoms with Crippen LogP contribution >= 0.6 is 0 Å². The predicted molar refractivity (Wildman–Crippen MR) is 111 cm³/mol. The third kappa shape index (κ3) is 3.73. The summed E-state index contributed by atoms with van der Waals surface area (Å²) >= 11 is 0. The van der Waals surface area contributed by atoms with Crippen molar-refractivity contribution in [2.75, 3.05) is 26.2 Å². The molecule has 170 valence electrons. The maximum Gasteiger partial charge on any atom is 0.245 e. The van der Waals surface area contributed by atoms with Crippen LogP contribution in [0.15, 0.2) is 0 Å². The first-order valence-electron chi connectivity index (χ1n) is 11.5. The van der Waals surface area contributed by atoms with Gasteiger partial charge in [0.25, 0.3) is 0 Å². The molecule has 3 fully saturated rings. The first-order chi connectivity index (χ1) is 14.4. The minimum absolute atomic E-state index is 0.0642. The SMILES string of the molecule is CCCCCNC(=O)C1N(CCCO)C(=O)[C@@H]2[C@@H](C(=O)NCCC)[C@@]3(C)CCC12O3. The highest BCUT2D eigenvalue weighted by Gasteiger charge is 2.77. The molecule has 3 saturated heterocycles. The van der Waals surface area contributed by atoms with Gasteiger partial charge in [0.2, 0.25) is 17.7 Å². The lowest BCUT2D eigenvalue weighted by molar-refractivity contribution is -0.146. The van der Waals surface area contributed by atoms with Crippen LogP contribution in [0.1, 0.15) is 65.7 Å². The van der Waals surface area contributed by atoms with E-state index in [1.807, 2.05) is 13.8 Å². The molecular formula is C22H37N3O5. The predicted octanol–water partition coefficient (Wildman–Crippen LogP) is 0.966. The summed E-state index contributed by atoms with van der Waals surface area (Å²) in [6.45, 7) is 7.32. The standard InChI is InChI=1S/C22H37N3O5/c1-4-6-7-12-24-19(28)17-22-10-9-21(3,30-22)15(18(27)23-11-5-2)16(22)20(29)25(17)13-8-14-26/h15-17,26H,4-14H2,1-3H3,(H,23,27)(H,24,28)/t15-,16-,17?,21+,22?/m0/s1. The number of carbonyl (C=O) groups is 3. The van der Waals surface area contributed by atoms with E-state index in [4.69, 9.17) is 4.74 Å². The van der Waals surface area contributed by atoms with Gasteiger partial charge in [-0.25, -0.2) is 0 Å². The van der Waals surface area contributed by atoms with Crippen LogP contribution in [0.3, 0.4) is 0 Å². The number of ether oxygens (including phenoxy) is 1. The van der Waals surface area contributed by atoms with E-state index in [-0.39, 0.29) is 30.9 Å². The molecule has 8 nitrogen and oxygen atoms in total. The second-order valence-corrected chi connectivity index (χ2v) is 9.13. The van der Waals surface area contributed by atoms with E-state index in [2.05, 4.69) is 17.6 Å². The van der Waals surface area contributed by atoms with Crippen molar-refractivity contribution < 1.29 is 24.2 Å². The van der Waals surface area contributed by atoms with E-state index in [0.29, 0.717) is 32.4 Å². The van der Waals surface area contributed by atoms with Crippen molar-refractivity contribution in [1.29, 1.82) is 0 Å². The van der Waals surface area contributed by atoms with Crippen LogP contribution in [0, 0.1) is 11.8 Å². The molecule has 2 bridgehead atoms. The van der Waals surface area contributed by atoms with E-state index < -0.39 is 29.1 Å². The zero-order valence-electron chi connectivity index (χ0n) is 18.5. The van der Waals surface area contributed by atoms with Crippen molar-refractivity contribution in [3.05, 3.63) is 0 Å². The fourth-order valence-electron chi connectivity index (χ4n) is 5.65. The summed E-state index contributed by atoms with van der Waals surface area (Å²) in [6, 6.07) is -0.756. The summed E-state index contributed by atoms with van der Waals surface area (Å²) in [5.74, 6) is -1.82. The number of fused-ring (bicyclic) bond motifs is 1.